The Kier molecular flexibility index (Phi) is 10.8. The molecule has 0 aliphatic rings. The van der Waals surface area contributed by atoms with Gasteiger partial charge in [0.25, 0.3) is 0 Å². The van der Waals surface area contributed by atoms with Crippen LogP contribution in [0, 0.1) is 0 Å². The average Bonchev–Trinajstić information content (AvgIpc) is 1.90. The topological polar surface area (TPSA) is 38.8 Å². The summed E-state index contributed by atoms with van der Waals surface area (Å²) < 4.78 is 8.84. The number of carbonyl (C=O) groups is 1. The Labute approximate surface area is 68.1 Å². The van der Waals surface area contributed by atoms with E-state index in [4.69, 9.17) is 0 Å². The third-order valence-corrected chi connectivity index (χ3v) is 0.633. The van der Waals surface area contributed by atoms with E-state index in [-0.39, 0.29) is 6.09 Å². The molecule has 0 heterocycles. The number of nitrogens with zero attached hydrogens (tertiary/aromatic N) is 1. The van der Waals surface area contributed by atoms with Crippen LogP contribution in [0.3, 0.4) is 0 Å². The average molecular weight is 163 g/mol. The standard InChI is InChI=1S/C5H11NO2.C2H6O/c1-4-8-5(7)6(2)3;1-3-2/h4H2,1-3H3;1-2H3. The molecule has 0 aliphatic heterocycles. The highest BCUT2D eigenvalue weighted by Gasteiger charge is 1.99. The van der Waals surface area contributed by atoms with E-state index in [1.54, 1.807) is 35.2 Å². The van der Waals surface area contributed by atoms with Crippen molar-refractivity contribution in [2.24, 2.45) is 0 Å². The van der Waals surface area contributed by atoms with Gasteiger partial charge in [0.15, 0.2) is 0 Å². The highest BCUT2D eigenvalue weighted by atomic mass is 16.5. The molecule has 0 N–H and O–H groups in total. The Bertz CT molecular complexity index is 93.7. The van der Waals surface area contributed by atoms with Gasteiger partial charge in [0, 0.05) is 28.3 Å². The highest BCUT2D eigenvalue weighted by Crippen LogP contribution is 1.82. The van der Waals surface area contributed by atoms with Crippen LogP contribution in [0.25, 0.3) is 0 Å². The fourth-order valence-corrected chi connectivity index (χ4v) is 0.253. The van der Waals surface area contributed by atoms with E-state index in [1.165, 1.54) is 4.90 Å². The molecule has 0 radical (unpaired) electrons. The van der Waals surface area contributed by atoms with Crippen LogP contribution in [0.5, 0.6) is 0 Å². The smallest absolute Gasteiger partial charge is 0.409 e. The van der Waals surface area contributed by atoms with E-state index in [1.807, 2.05) is 0 Å². The van der Waals surface area contributed by atoms with Crippen LogP contribution in [0.15, 0.2) is 0 Å². The molecule has 0 aromatic heterocycles. The third kappa shape index (κ3) is 12.4. The van der Waals surface area contributed by atoms with Crippen molar-refractivity contribution in [3.63, 3.8) is 0 Å². The van der Waals surface area contributed by atoms with Gasteiger partial charge in [-0.1, -0.05) is 0 Å². The summed E-state index contributed by atoms with van der Waals surface area (Å²) in [6.45, 7) is 2.22. The molecule has 68 valence electrons. The first-order chi connectivity index (χ1) is 5.09. The molecule has 11 heavy (non-hydrogen) atoms. The molecule has 0 aliphatic carbocycles. The number of methoxy groups -OCH3 is 1. The first-order valence-corrected chi connectivity index (χ1v) is 3.34. The van der Waals surface area contributed by atoms with Crippen molar-refractivity contribution in [2.45, 2.75) is 6.92 Å². The van der Waals surface area contributed by atoms with Crippen molar-refractivity contribution in [3.05, 3.63) is 0 Å². The molecule has 0 saturated heterocycles. The van der Waals surface area contributed by atoms with E-state index in [9.17, 15) is 4.79 Å². The summed E-state index contributed by atoms with van der Waals surface area (Å²) in [4.78, 5) is 11.8. The van der Waals surface area contributed by atoms with Gasteiger partial charge >= 0.3 is 6.09 Å². The summed E-state index contributed by atoms with van der Waals surface area (Å²) in [6, 6.07) is 0. The molecule has 1 amide bonds. The number of ether oxygens (including phenoxy) is 2. The normalized spacial score (nSPS) is 7.73. The van der Waals surface area contributed by atoms with Crippen LogP contribution in [0.4, 0.5) is 4.79 Å². The monoisotopic (exact) mass is 163 g/mol. The van der Waals surface area contributed by atoms with E-state index in [2.05, 4.69) is 9.47 Å². The minimum Gasteiger partial charge on any atom is -0.450 e. The second-order valence-electron chi connectivity index (χ2n) is 2.00. The van der Waals surface area contributed by atoms with Gasteiger partial charge in [-0.15, -0.1) is 0 Å². The van der Waals surface area contributed by atoms with Crippen LogP contribution in [-0.2, 0) is 9.47 Å². The van der Waals surface area contributed by atoms with E-state index in [0.717, 1.165) is 0 Å². The largest absolute Gasteiger partial charge is 0.450 e. The lowest BCUT2D eigenvalue weighted by molar-refractivity contribution is 0.124. The number of amides is 1. The zero-order valence-corrected chi connectivity index (χ0v) is 7.88. The summed E-state index contributed by atoms with van der Waals surface area (Å²) >= 11 is 0. The van der Waals surface area contributed by atoms with Crippen LogP contribution in [-0.4, -0.2) is 45.9 Å². The van der Waals surface area contributed by atoms with Gasteiger partial charge in [-0.25, -0.2) is 4.79 Å². The van der Waals surface area contributed by atoms with Crippen LogP contribution in [0.2, 0.25) is 0 Å². The van der Waals surface area contributed by atoms with Crippen molar-refractivity contribution < 1.29 is 14.3 Å². The zero-order valence-electron chi connectivity index (χ0n) is 7.88. The molecular weight excluding hydrogens is 146 g/mol. The Hall–Kier alpha value is -0.770. The molecule has 0 aromatic carbocycles. The molecule has 4 heteroatoms. The summed E-state index contributed by atoms with van der Waals surface area (Å²) in [5.74, 6) is 0. The predicted octanol–water partition coefficient (Wildman–Crippen LogP) is 0.967. The molecule has 0 aromatic rings. The number of hydrogen-bond acceptors (Lipinski definition) is 3. The second kappa shape index (κ2) is 9.23. The molecule has 0 saturated carbocycles. The molecule has 0 unspecified atom stereocenters. The molecule has 0 fully saturated rings. The SMILES string of the molecule is CCOC(=O)N(C)C.COC. The number of carbonyl (C=O) groups excluding carboxylic acids is 1. The van der Waals surface area contributed by atoms with E-state index < -0.39 is 0 Å². The van der Waals surface area contributed by atoms with Crippen LogP contribution in [0.1, 0.15) is 6.92 Å². The van der Waals surface area contributed by atoms with Gasteiger partial charge < -0.3 is 14.4 Å². The van der Waals surface area contributed by atoms with Crippen molar-refractivity contribution in [1.29, 1.82) is 0 Å². The van der Waals surface area contributed by atoms with Gasteiger partial charge in [0.1, 0.15) is 0 Å². The van der Waals surface area contributed by atoms with Crippen molar-refractivity contribution in [1.82, 2.24) is 4.90 Å². The van der Waals surface area contributed by atoms with Crippen molar-refractivity contribution >= 4 is 6.09 Å². The first-order valence-electron chi connectivity index (χ1n) is 3.34. The van der Waals surface area contributed by atoms with E-state index >= 15 is 0 Å². The maximum Gasteiger partial charge on any atom is 0.409 e. The second-order valence-corrected chi connectivity index (χ2v) is 2.00. The Morgan fingerprint density at radius 3 is 1.82 bits per heavy atom. The maximum atomic E-state index is 10.4. The lowest BCUT2D eigenvalue weighted by Crippen LogP contribution is -2.22. The van der Waals surface area contributed by atoms with Crippen molar-refractivity contribution in [3.8, 4) is 0 Å². The third-order valence-electron chi connectivity index (χ3n) is 0.633. The van der Waals surface area contributed by atoms with Crippen molar-refractivity contribution in [2.75, 3.05) is 34.9 Å². The minimum absolute atomic E-state index is 0.285. The summed E-state index contributed by atoms with van der Waals surface area (Å²) in [5, 5.41) is 0. The zero-order chi connectivity index (χ0) is 9.28. The summed E-state index contributed by atoms with van der Waals surface area (Å²) in [5.41, 5.74) is 0. The number of hydrogen-bond donors (Lipinski definition) is 0. The molecule has 0 rings (SSSR count). The first kappa shape index (κ1) is 12.9. The van der Waals surface area contributed by atoms with Gasteiger partial charge in [-0.05, 0) is 6.92 Å². The fraction of sp³-hybridized carbons (Fsp3) is 0.857. The summed E-state index contributed by atoms with van der Waals surface area (Å²) in [7, 11) is 6.55. The Morgan fingerprint density at radius 1 is 1.36 bits per heavy atom. The molecule has 0 bridgehead atoms. The minimum atomic E-state index is -0.285. The van der Waals surface area contributed by atoms with Gasteiger partial charge in [0.05, 0.1) is 6.61 Å². The van der Waals surface area contributed by atoms with Crippen LogP contribution < -0.4 is 0 Å². The lowest BCUT2D eigenvalue weighted by atomic mass is 10.8. The van der Waals surface area contributed by atoms with Gasteiger partial charge in [-0.2, -0.15) is 0 Å². The van der Waals surface area contributed by atoms with Gasteiger partial charge in [0.2, 0.25) is 0 Å². The van der Waals surface area contributed by atoms with Crippen LogP contribution >= 0.6 is 0 Å². The van der Waals surface area contributed by atoms with Gasteiger partial charge in [-0.3, -0.25) is 0 Å². The molecular formula is C7H17NO3. The number of rotatable bonds is 1. The van der Waals surface area contributed by atoms with E-state index in [0.29, 0.717) is 6.61 Å². The predicted molar refractivity (Wildman–Crippen MR) is 43.6 cm³/mol. The fourth-order valence-electron chi connectivity index (χ4n) is 0.253. The maximum absolute atomic E-state index is 10.4. The molecule has 0 atom stereocenters. The molecule has 0 spiro atoms. The summed E-state index contributed by atoms with van der Waals surface area (Å²) in [6.07, 6.45) is -0.285. The Morgan fingerprint density at radius 2 is 1.73 bits per heavy atom. The lowest BCUT2D eigenvalue weighted by Gasteiger charge is -2.07. The quantitative estimate of drug-likeness (QED) is 0.578. The molecule has 4 nitrogen and oxygen atoms in total. The highest BCUT2D eigenvalue weighted by molar-refractivity contribution is 5.66. The Balaban J connectivity index is 0.